The topological polar surface area (TPSA) is 18.5 Å². The van der Waals surface area contributed by atoms with Crippen LogP contribution >= 0.6 is 12.6 Å². The van der Waals surface area contributed by atoms with Gasteiger partial charge in [0.1, 0.15) is 12.4 Å². The van der Waals surface area contributed by atoms with Crippen LogP contribution in [0.15, 0.2) is 18.2 Å². The number of ether oxygens (including phenoxy) is 2. The van der Waals surface area contributed by atoms with Crippen molar-refractivity contribution in [1.82, 2.24) is 0 Å². The summed E-state index contributed by atoms with van der Waals surface area (Å²) in [4.78, 5) is 0. The summed E-state index contributed by atoms with van der Waals surface area (Å²) in [5.74, 6) is 1.69. The highest BCUT2D eigenvalue weighted by Crippen LogP contribution is 2.18. The molecule has 1 rings (SSSR count). The zero-order chi connectivity index (χ0) is 11.1. The molecule has 0 N–H and O–H groups in total. The van der Waals surface area contributed by atoms with Gasteiger partial charge in [0.05, 0.1) is 13.2 Å². The molecule has 0 bridgehead atoms. The highest BCUT2D eigenvalue weighted by molar-refractivity contribution is 7.80. The summed E-state index contributed by atoms with van der Waals surface area (Å²) in [5.41, 5.74) is 2.43. The van der Waals surface area contributed by atoms with Gasteiger partial charge < -0.3 is 9.47 Å². The van der Waals surface area contributed by atoms with Crippen LogP contribution in [0.3, 0.4) is 0 Å². The van der Waals surface area contributed by atoms with Crippen molar-refractivity contribution >= 4 is 12.6 Å². The predicted octanol–water partition coefficient (Wildman–Crippen LogP) is 2.63. The normalized spacial score (nSPS) is 10.3. The molecule has 15 heavy (non-hydrogen) atoms. The Morgan fingerprint density at radius 2 is 1.93 bits per heavy atom. The van der Waals surface area contributed by atoms with Gasteiger partial charge in [-0.15, -0.1) is 0 Å². The molecule has 0 aromatic heterocycles. The lowest BCUT2D eigenvalue weighted by atomic mass is 10.1. The molecule has 2 nitrogen and oxygen atoms in total. The Morgan fingerprint density at radius 3 is 2.60 bits per heavy atom. The zero-order valence-electron chi connectivity index (χ0n) is 9.32. The van der Waals surface area contributed by atoms with Gasteiger partial charge in [-0.05, 0) is 25.5 Å². The third-order valence-electron chi connectivity index (χ3n) is 2.05. The van der Waals surface area contributed by atoms with E-state index in [1.165, 1.54) is 11.1 Å². The molecule has 0 aliphatic heterocycles. The van der Waals surface area contributed by atoms with Crippen molar-refractivity contribution in [3.8, 4) is 5.75 Å². The lowest BCUT2D eigenvalue weighted by Crippen LogP contribution is -2.08. The van der Waals surface area contributed by atoms with Gasteiger partial charge >= 0.3 is 0 Å². The molecule has 0 aliphatic rings. The van der Waals surface area contributed by atoms with Gasteiger partial charge in [-0.1, -0.05) is 17.7 Å². The second-order valence-electron chi connectivity index (χ2n) is 3.45. The quantitative estimate of drug-likeness (QED) is 0.594. The average molecular weight is 226 g/mol. The van der Waals surface area contributed by atoms with Crippen molar-refractivity contribution in [2.75, 3.05) is 25.6 Å². The fraction of sp³-hybridized carbons (Fsp3) is 0.500. The van der Waals surface area contributed by atoms with Crippen LogP contribution in [0, 0.1) is 13.8 Å². The molecule has 1 aromatic rings. The number of thiol groups is 1. The van der Waals surface area contributed by atoms with Crippen LogP contribution in [-0.4, -0.2) is 25.6 Å². The molecule has 84 valence electrons. The summed E-state index contributed by atoms with van der Waals surface area (Å²) < 4.78 is 10.9. The minimum Gasteiger partial charge on any atom is -0.491 e. The maximum atomic E-state index is 5.59. The minimum atomic E-state index is 0.595. The number of benzene rings is 1. The molecule has 1 aromatic carbocycles. The largest absolute Gasteiger partial charge is 0.491 e. The molecule has 0 saturated carbocycles. The molecule has 0 saturated heterocycles. The second kappa shape index (κ2) is 6.75. The van der Waals surface area contributed by atoms with Gasteiger partial charge in [0.25, 0.3) is 0 Å². The highest BCUT2D eigenvalue weighted by atomic mass is 32.1. The monoisotopic (exact) mass is 226 g/mol. The van der Waals surface area contributed by atoms with E-state index in [-0.39, 0.29) is 0 Å². The number of rotatable bonds is 6. The molecule has 0 aliphatic carbocycles. The van der Waals surface area contributed by atoms with Crippen molar-refractivity contribution < 1.29 is 9.47 Å². The first-order valence-electron chi connectivity index (χ1n) is 5.12. The van der Waals surface area contributed by atoms with Crippen molar-refractivity contribution in [2.45, 2.75) is 13.8 Å². The smallest absolute Gasteiger partial charge is 0.122 e. The maximum Gasteiger partial charge on any atom is 0.122 e. The third kappa shape index (κ3) is 4.58. The number of hydrogen-bond acceptors (Lipinski definition) is 3. The van der Waals surface area contributed by atoms with Crippen LogP contribution in [-0.2, 0) is 4.74 Å². The van der Waals surface area contributed by atoms with Gasteiger partial charge in [-0.25, -0.2) is 0 Å². The van der Waals surface area contributed by atoms with E-state index in [2.05, 4.69) is 38.6 Å². The van der Waals surface area contributed by atoms with Gasteiger partial charge in [0.2, 0.25) is 0 Å². The molecule has 0 amide bonds. The Labute approximate surface area is 97.0 Å². The average Bonchev–Trinajstić information content (AvgIpc) is 2.20. The molecule has 0 radical (unpaired) electrons. The Kier molecular flexibility index (Phi) is 5.58. The first-order valence-corrected chi connectivity index (χ1v) is 5.76. The molecule has 0 unspecified atom stereocenters. The van der Waals surface area contributed by atoms with Gasteiger partial charge in [-0.3, -0.25) is 0 Å². The first-order chi connectivity index (χ1) is 7.24. The SMILES string of the molecule is Cc1ccc(OCCOCCS)c(C)c1. The van der Waals surface area contributed by atoms with Crippen molar-refractivity contribution in [1.29, 1.82) is 0 Å². The Balaban J connectivity index is 2.31. The van der Waals surface area contributed by atoms with E-state index in [1.807, 2.05) is 6.07 Å². The van der Waals surface area contributed by atoms with Crippen LogP contribution < -0.4 is 4.74 Å². The maximum absolute atomic E-state index is 5.59. The lowest BCUT2D eigenvalue weighted by Gasteiger charge is -2.09. The minimum absolute atomic E-state index is 0.595. The fourth-order valence-electron chi connectivity index (χ4n) is 1.34. The van der Waals surface area contributed by atoms with Crippen molar-refractivity contribution in [2.24, 2.45) is 0 Å². The van der Waals surface area contributed by atoms with Crippen LogP contribution in [0.25, 0.3) is 0 Å². The van der Waals surface area contributed by atoms with Gasteiger partial charge in [-0.2, -0.15) is 12.6 Å². The van der Waals surface area contributed by atoms with Gasteiger partial charge in [0, 0.05) is 5.75 Å². The second-order valence-corrected chi connectivity index (χ2v) is 3.90. The predicted molar refractivity (Wildman–Crippen MR) is 66.1 cm³/mol. The number of hydrogen-bond donors (Lipinski definition) is 1. The highest BCUT2D eigenvalue weighted by Gasteiger charge is 1.98. The van der Waals surface area contributed by atoms with E-state index in [0.29, 0.717) is 19.8 Å². The van der Waals surface area contributed by atoms with E-state index in [1.54, 1.807) is 0 Å². The van der Waals surface area contributed by atoms with Gasteiger partial charge in [0.15, 0.2) is 0 Å². The number of aryl methyl sites for hydroxylation is 2. The van der Waals surface area contributed by atoms with E-state index < -0.39 is 0 Å². The van der Waals surface area contributed by atoms with Crippen LogP contribution in [0.1, 0.15) is 11.1 Å². The summed E-state index contributed by atoms with van der Waals surface area (Å²) in [6, 6.07) is 6.17. The van der Waals surface area contributed by atoms with E-state index in [0.717, 1.165) is 11.5 Å². The van der Waals surface area contributed by atoms with E-state index in [4.69, 9.17) is 9.47 Å². The van der Waals surface area contributed by atoms with Crippen LogP contribution in [0.5, 0.6) is 5.75 Å². The van der Waals surface area contributed by atoms with Crippen molar-refractivity contribution in [3.63, 3.8) is 0 Å². The molecule has 0 spiro atoms. The fourth-order valence-corrected chi connectivity index (χ4v) is 1.47. The van der Waals surface area contributed by atoms with Crippen molar-refractivity contribution in [3.05, 3.63) is 29.3 Å². The summed E-state index contributed by atoms with van der Waals surface area (Å²) in [6.45, 7) is 6.02. The molecule has 0 atom stereocenters. The first kappa shape index (κ1) is 12.4. The molecular weight excluding hydrogens is 208 g/mol. The Morgan fingerprint density at radius 1 is 1.13 bits per heavy atom. The summed E-state index contributed by atoms with van der Waals surface area (Å²) >= 11 is 4.05. The van der Waals surface area contributed by atoms with Crippen LogP contribution in [0.4, 0.5) is 0 Å². The molecular formula is C12H18O2S. The zero-order valence-corrected chi connectivity index (χ0v) is 10.2. The summed E-state index contributed by atoms with van der Waals surface area (Å²) in [6.07, 6.45) is 0. The Bertz CT molecular complexity index is 300. The molecule has 0 fully saturated rings. The standard InChI is InChI=1S/C12H18O2S/c1-10-3-4-12(11(2)9-10)14-6-5-13-7-8-15/h3-4,9,15H,5-8H2,1-2H3. The molecule has 3 heteroatoms. The third-order valence-corrected chi connectivity index (χ3v) is 2.23. The van der Waals surface area contributed by atoms with Crippen LogP contribution in [0.2, 0.25) is 0 Å². The lowest BCUT2D eigenvalue weighted by molar-refractivity contribution is 0.112. The Hall–Kier alpha value is -0.670. The van der Waals surface area contributed by atoms with E-state index in [9.17, 15) is 0 Å². The summed E-state index contributed by atoms with van der Waals surface area (Å²) in [5, 5.41) is 0. The van der Waals surface area contributed by atoms with E-state index >= 15 is 0 Å². The summed E-state index contributed by atoms with van der Waals surface area (Å²) in [7, 11) is 0. The molecule has 0 heterocycles.